The van der Waals surface area contributed by atoms with E-state index >= 15 is 0 Å². The number of imidazole rings is 1. The van der Waals surface area contributed by atoms with Crippen LogP contribution in [0.4, 0.5) is 8.78 Å². The highest BCUT2D eigenvalue weighted by atomic mass is 19.3. The molecule has 186 valence electrons. The number of nitrogens with zero attached hydrogens (tertiary/aromatic N) is 3. The first kappa shape index (κ1) is 23.3. The molecule has 1 unspecified atom stereocenters. The number of aromatic amines is 1. The van der Waals surface area contributed by atoms with Crippen molar-refractivity contribution in [1.29, 1.82) is 0 Å². The topological polar surface area (TPSA) is 135 Å². The highest BCUT2D eigenvalue weighted by molar-refractivity contribution is 5.93. The molecule has 10 nitrogen and oxygen atoms in total. The summed E-state index contributed by atoms with van der Waals surface area (Å²) in [6.07, 6.45) is 1.52. The Hall–Kier alpha value is -3.41. The van der Waals surface area contributed by atoms with E-state index in [4.69, 9.17) is 9.37 Å². The molecule has 12 heteroatoms. The number of ether oxygens (including phenoxy) is 1. The lowest BCUT2D eigenvalue weighted by Crippen LogP contribution is -2.40. The molecule has 35 heavy (non-hydrogen) atoms. The maximum absolute atomic E-state index is 13.1. The van der Waals surface area contributed by atoms with E-state index in [0.717, 1.165) is 23.9 Å². The number of methoxy groups -OCH3 is 1. The Bertz CT molecular complexity index is 1230. The zero-order chi connectivity index (χ0) is 24.6. The highest BCUT2D eigenvalue weighted by Crippen LogP contribution is 2.44. The fraction of sp³-hybridized carbons (Fsp3) is 0.522. The molecule has 3 aromatic rings. The Morgan fingerprint density at radius 1 is 1.29 bits per heavy atom. The quantitative estimate of drug-likeness (QED) is 0.399. The first-order valence-electron chi connectivity index (χ1n) is 11.6. The van der Waals surface area contributed by atoms with Gasteiger partial charge in [0.2, 0.25) is 11.8 Å². The summed E-state index contributed by atoms with van der Waals surface area (Å²) in [6.45, 7) is 0.383. The molecule has 2 saturated carbocycles. The number of halogens is 2. The number of aromatic nitrogens is 4. The van der Waals surface area contributed by atoms with Gasteiger partial charge in [0.1, 0.15) is 11.5 Å². The second kappa shape index (κ2) is 9.33. The lowest BCUT2D eigenvalue weighted by Gasteiger charge is -2.34. The summed E-state index contributed by atoms with van der Waals surface area (Å²) in [4.78, 5) is 32.6. The number of carbonyl (C=O) groups is 2. The standard InChI is InChI=1S/C23H26F2N6O4/c1-34-11-17(29-19(32)6-12-8-23(24,25)9-12)14-4-5-15-16(7-14)28-18(27-15)10-26-22(33)21-20(13-2-3-13)30-35-31-21/h4-5,7,12-13,17H,2-3,6,8-11H2,1H3,(H,26,33)(H,27,28)(H,29,32). The SMILES string of the molecule is COCC(NC(=O)CC1CC(F)(F)C1)c1ccc2nc(CNC(=O)c3nonc3C3CC3)[nH]c2c1. The van der Waals surface area contributed by atoms with Crippen LogP contribution in [0.2, 0.25) is 0 Å². The number of alkyl halides is 2. The van der Waals surface area contributed by atoms with Crippen molar-refractivity contribution in [2.45, 2.75) is 56.5 Å². The molecular formula is C23H26F2N6O4. The number of nitrogens with one attached hydrogen (secondary N) is 3. The molecule has 2 aliphatic rings. The molecule has 2 amide bonds. The van der Waals surface area contributed by atoms with E-state index in [1.165, 1.54) is 7.11 Å². The summed E-state index contributed by atoms with van der Waals surface area (Å²) in [6, 6.07) is 5.04. The summed E-state index contributed by atoms with van der Waals surface area (Å²) >= 11 is 0. The number of fused-ring (bicyclic) bond motifs is 1. The molecular weight excluding hydrogens is 462 g/mol. The summed E-state index contributed by atoms with van der Waals surface area (Å²) in [5.41, 5.74) is 3.00. The van der Waals surface area contributed by atoms with Crippen LogP contribution in [0, 0.1) is 5.92 Å². The molecule has 3 N–H and O–H groups in total. The van der Waals surface area contributed by atoms with Crippen LogP contribution in [0.25, 0.3) is 11.0 Å². The van der Waals surface area contributed by atoms with Gasteiger partial charge in [-0.15, -0.1) is 0 Å². The number of hydrogen-bond acceptors (Lipinski definition) is 7. The van der Waals surface area contributed by atoms with E-state index in [1.807, 2.05) is 12.1 Å². The Morgan fingerprint density at radius 3 is 2.80 bits per heavy atom. The smallest absolute Gasteiger partial charge is 0.275 e. The van der Waals surface area contributed by atoms with E-state index in [0.29, 0.717) is 17.0 Å². The van der Waals surface area contributed by atoms with E-state index in [2.05, 4.69) is 30.9 Å². The fourth-order valence-electron chi connectivity index (χ4n) is 4.44. The summed E-state index contributed by atoms with van der Waals surface area (Å²) in [5.74, 6) is -2.81. The molecule has 2 heterocycles. The molecule has 2 aromatic heterocycles. The number of carbonyl (C=O) groups excluding carboxylic acids is 2. The van der Waals surface area contributed by atoms with Crippen molar-refractivity contribution in [2.24, 2.45) is 5.92 Å². The van der Waals surface area contributed by atoms with E-state index in [9.17, 15) is 18.4 Å². The summed E-state index contributed by atoms with van der Waals surface area (Å²) in [7, 11) is 1.53. The Morgan fingerprint density at radius 2 is 2.09 bits per heavy atom. The molecule has 2 fully saturated rings. The average Bonchev–Trinajstić information content (AvgIpc) is 3.37. The first-order valence-corrected chi connectivity index (χ1v) is 11.6. The van der Waals surface area contributed by atoms with E-state index in [1.54, 1.807) is 6.07 Å². The minimum atomic E-state index is -2.65. The number of hydrogen-bond donors (Lipinski definition) is 3. The van der Waals surface area contributed by atoms with Crippen LogP contribution in [0.5, 0.6) is 0 Å². The highest BCUT2D eigenvalue weighted by Gasteiger charge is 2.45. The molecule has 1 atom stereocenters. The third kappa shape index (κ3) is 5.31. The van der Waals surface area contributed by atoms with Gasteiger partial charge in [0.25, 0.3) is 5.91 Å². The molecule has 2 aliphatic carbocycles. The molecule has 1 aromatic carbocycles. The third-order valence-corrected chi connectivity index (χ3v) is 6.38. The minimum absolute atomic E-state index is 0.0649. The van der Waals surface area contributed by atoms with Gasteiger partial charge in [-0.05, 0) is 41.6 Å². The van der Waals surface area contributed by atoms with Gasteiger partial charge in [0, 0.05) is 32.3 Å². The van der Waals surface area contributed by atoms with Crippen molar-refractivity contribution >= 4 is 22.8 Å². The van der Waals surface area contributed by atoms with Gasteiger partial charge in [-0.2, -0.15) is 0 Å². The van der Waals surface area contributed by atoms with Crippen LogP contribution in [0.3, 0.4) is 0 Å². The molecule has 0 saturated heterocycles. The lowest BCUT2D eigenvalue weighted by atomic mass is 9.79. The van der Waals surface area contributed by atoms with Crippen LogP contribution >= 0.6 is 0 Å². The van der Waals surface area contributed by atoms with Crippen molar-refractivity contribution in [1.82, 2.24) is 30.9 Å². The Labute approximate surface area is 199 Å². The van der Waals surface area contributed by atoms with Gasteiger partial charge in [-0.3, -0.25) is 9.59 Å². The van der Waals surface area contributed by atoms with Gasteiger partial charge in [-0.1, -0.05) is 11.2 Å². The van der Waals surface area contributed by atoms with Crippen LogP contribution < -0.4 is 10.6 Å². The molecule has 5 rings (SSSR count). The molecule has 0 radical (unpaired) electrons. The fourth-order valence-corrected chi connectivity index (χ4v) is 4.44. The third-order valence-electron chi connectivity index (χ3n) is 6.38. The van der Waals surface area contributed by atoms with Crippen molar-refractivity contribution in [2.75, 3.05) is 13.7 Å². The van der Waals surface area contributed by atoms with Gasteiger partial charge < -0.3 is 20.4 Å². The normalized spacial score (nSPS) is 18.3. The number of rotatable bonds is 10. The predicted octanol–water partition coefficient (Wildman–Crippen LogP) is 2.99. The number of H-pyrrole nitrogens is 1. The summed E-state index contributed by atoms with van der Waals surface area (Å²) in [5, 5.41) is 13.2. The Balaban J connectivity index is 1.22. The van der Waals surface area contributed by atoms with Gasteiger partial charge in [-0.25, -0.2) is 18.4 Å². The van der Waals surface area contributed by atoms with Crippen LogP contribution in [0.15, 0.2) is 22.8 Å². The zero-order valence-corrected chi connectivity index (χ0v) is 19.1. The zero-order valence-electron chi connectivity index (χ0n) is 19.1. The van der Waals surface area contributed by atoms with Crippen molar-refractivity contribution in [3.63, 3.8) is 0 Å². The van der Waals surface area contributed by atoms with Crippen molar-refractivity contribution in [3.05, 3.63) is 41.0 Å². The lowest BCUT2D eigenvalue weighted by molar-refractivity contribution is -0.134. The second-order valence-corrected chi connectivity index (χ2v) is 9.32. The minimum Gasteiger partial charge on any atom is -0.382 e. The Kier molecular flexibility index (Phi) is 6.22. The molecule has 0 spiro atoms. The number of benzene rings is 1. The molecule has 0 bridgehead atoms. The van der Waals surface area contributed by atoms with Crippen LogP contribution in [0.1, 0.15) is 71.6 Å². The van der Waals surface area contributed by atoms with E-state index < -0.39 is 12.0 Å². The molecule has 0 aliphatic heterocycles. The maximum Gasteiger partial charge on any atom is 0.275 e. The number of amides is 2. The van der Waals surface area contributed by atoms with Gasteiger partial charge in [0.05, 0.1) is 30.2 Å². The van der Waals surface area contributed by atoms with Crippen molar-refractivity contribution in [3.8, 4) is 0 Å². The van der Waals surface area contributed by atoms with Crippen LogP contribution in [-0.2, 0) is 16.1 Å². The summed E-state index contributed by atoms with van der Waals surface area (Å²) < 4.78 is 36.1. The predicted molar refractivity (Wildman–Crippen MR) is 119 cm³/mol. The van der Waals surface area contributed by atoms with Crippen LogP contribution in [-0.4, -0.2) is 51.7 Å². The largest absolute Gasteiger partial charge is 0.382 e. The van der Waals surface area contributed by atoms with Gasteiger partial charge in [0.15, 0.2) is 5.69 Å². The van der Waals surface area contributed by atoms with Crippen molar-refractivity contribution < 1.29 is 27.7 Å². The second-order valence-electron chi connectivity index (χ2n) is 9.32. The average molecular weight is 488 g/mol. The first-order chi connectivity index (χ1) is 16.8. The maximum atomic E-state index is 13.1. The van der Waals surface area contributed by atoms with E-state index in [-0.39, 0.29) is 61.8 Å². The van der Waals surface area contributed by atoms with Gasteiger partial charge >= 0.3 is 0 Å². The monoisotopic (exact) mass is 488 g/mol.